The number of halogens is 1. The van der Waals surface area contributed by atoms with E-state index in [-0.39, 0.29) is 0 Å². The van der Waals surface area contributed by atoms with Gasteiger partial charge >= 0.3 is 0 Å². The largest absolute Gasteiger partial charge is 0.312 e. The molecule has 2 heterocycles. The molecular weight excluding hydrogens is 476 g/mol. The van der Waals surface area contributed by atoms with E-state index in [2.05, 4.69) is 60.2 Å². The lowest BCUT2D eigenvalue weighted by molar-refractivity contribution is -0.0522. The van der Waals surface area contributed by atoms with Crippen LogP contribution in [0, 0.1) is 46.3 Å². The molecule has 0 aromatic carbocycles. The Morgan fingerprint density at radius 1 is 1.00 bits per heavy atom. The van der Waals surface area contributed by atoms with Gasteiger partial charge in [-0.25, -0.2) is 15.0 Å². The van der Waals surface area contributed by atoms with E-state index in [1.54, 1.807) is 11.9 Å². The Bertz CT molecular complexity index is 1170. The van der Waals surface area contributed by atoms with Crippen molar-refractivity contribution in [1.82, 2.24) is 19.5 Å². The third-order valence-corrected chi connectivity index (χ3v) is 12.3. The summed E-state index contributed by atoms with van der Waals surface area (Å²) in [6.07, 6.45) is 21.2. The first-order chi connectivity index (χ1) is 17.7. The molecule has 37 heavy (non-hydrogen) atoms. The van der Waals surface area contributed by atoms with E-state index >= 15 is 0 Å². The van der Waals surface area contributed by atoms with Crippen molar-refractivity contribution in [2.45, 2.75) is 111 Å². The maximum atomic E-state index is 6.30. The number of imidazole rings is 1. The van der Waals surface area contributed by atoms with Crippen LogP contribution in [0.15, 0.2) is 24.3 Å². The molecule has 3 saturated carbocycles. The second-order valence-corrected chi connectivity index (χ2v) is 14.5. The number of hydrogen-bond acceptors (Lipinski definition) is 3. The molecule has 4 aliphatic rings. The highest BCUT2D eigenvalue weighted by molar-refractivity contribution is 6.33. The number of hydrogen-bond donors (Lipinski definition) is 0. The number of rotatable bonds is 6. The average molecular weight is 523 g/mol. The summed E-state index contributed by atoms with van der Waals surface area (Å²) in [6.45, 7) is 12.7. The molecule has 5 heteroatoms. The summed E-state index contributed by atoms with van der Waals surface area (Å²) in [6, 6.07) is 0.420. The van der Waals surface area contributed by atoms with Crippen molar-refractivity contribution in [2.24, 2.45) is 46.3 Å². The molecule has 0 N–H and O–H groups in total. The Balaban J connectivity index is 1.20. The summed E-state index contributed by atoms with van der Waals surface area (Å²) < 4.78 is 2.27. The normalized spacial score (nSPS) is 38.2. The van der Waals surface area contributed by atoms with Crippen LogP contribution in [-0.2, 0) is 0 Å². The van der Waals surface area contributed by atoms with E-state index in [9.17, 15) is 0 Å². The smallest absolute Gasteiger partial charge is 0.165 e. The molecule has 202 valence electrons. The summed E-state index contributed by atoms with van der Waals surface area (Å²) in [5.41, 5.74) is 4.26. The molecule has 0 spiro atoms. The first-order valence-corrected chi connectivity index (χ1v) is 15.6. The molecule has 0 amide bonds. The lowest BCUT2D eigenvalue weighted by Crippen LogP contribution is -2.50. The van der Waals surface area contributed by atoms with Gasteiger partial charge in [-0.15, -0.1) is 0 Å². The van der Waals surface area contributed by atoms with Gasteiger partial charge in [0.05, 0.1) is 6.33 Å². The zero-order valence-corrected chi connectivity index (χ0v) is 24.5. The van der Waals surface area contributed by atoms with Gasteiger partial charge in [0.15, 0.2) is 10.8 Å². The van der Waals surface area contributed by atoms with Crippen LogP contribution in [0.5, 0.6) is 0 Å². The number of aromatic nitrogens is 4. The minimum Gasteiger partial charge on any atom is -0.312 e. The van der Waals surface area contributed by atoms with E-state index in [4.69, 9.17) is 11.6 Å². The Morgan fingerprint density at radius 2 is 1.84 bits per heavy atom. The molecule has 5 unspecified atom stereocenters. The quantitative estimate of drug-likeness (QED) is 0.280. The van der Waals surface area contributed by atoms with Gasteiger partial charge in [0.1, 0.15) is 11.8 Å². The van der Waals surface area contributed by atoms with Crippen LogP contribution < -0.4 is 0 Å². The van der Waals surface area contributed by atoms with Crippen molar-refractivity contribution >= 4 is 22.8 Å². The third-order valence-electron chi connectivity index (χ3n) is 12.0. The van der Waals surface area contributed by atoms with Crippen LogP contribution in [0.3, 0.4) is 0 Å². The molecule has 3 fully saturated rings. The van der Waals surface area contributed by atoms with Crippen molar-refractivity contribution in [3.63, 3.8) is 0 Å². The zero-order valence-electron chi connectivity index (χ0n) is 23.7. The molecule has 4 aliphatic carbocycles. The van der Waals surface area contributed by atoms with Crippen molar-refractivity contribution in [1.29, 1.82) is 0 Å². The monoisotopic (exact) mass is 522 g/mol. The van der Waals surface area contributed by atoms with Gasteiger partial charge < -0.3 is 4.57 Å². The predicted octanol–water partition coefficient (Wildman–Crippen LogP) is 9.06. The molecule has 0 bridgehead atoms. The van der Waals surface area contributed by atoms with Crippen molar-refractivity contribution < 1.29 is 0 Å². The van der Waals surface area contributed by atoms with Crippen LogP contribution in [0.4, 0.5) is 0 Å². The van der Waals surface area contributed by atoms with Crippen LogP contribution >= 0.6 is 11.6 Å². The SMILES string of the molecule is CC(C)CCCC(C)C1CCC2C3CC=C4C[C@H](n5cnc6c(Cl)ncnc65)CC[C@]4(C)C3CC[C@]12C. The van der Waals surface area contributed by atoms with Gasteiger partial charge in [-0.1, -0.05) is 77.1 Å². The lowest BCUT2D eigenvalue weighted by Gasteiger charge is -2.58. The van der Waals surface area contributed by atoms with Gasteiger partial charge in [-0.2, -0.15) is 0 Å². The highest BCUT2D eigenvalue weighted by Crippen LogP contribution is 2.67. The maximum absolute atomic E-state index is 6.30. The Kier molecular flexibility index (Phi) is 6.74. The van der Waals surface area contributed by atoms with Crippen LogP contribution in [-0.4, -0.2) is 19.5 Å². The molecule has 0 saturated heterocycles. The van der Waals surface area contributed by atoms with Gasteiger partial charge in [-0.3, -0.25) is 0 Å². The summed E-state index contributed by atoms with van der Waals surface area (Å²) in [5.74, 6) is 5.33. The van der Waals surface area contributed by atoms with Crippen LogP contribution in [0.2, 0.25) is 5.15 Å². The maximum Gasteiger partial charge on any atom is 0.165 e. The topological polar surface area (TPSA) is 43.6 Å². The minimum absolute atomic E-state index is 0.366. The van der Waals surface area contributed by atoms with Crippen molar-refractivity contribution in [3.8, 4) is 0 Å². The predicted molar refractivity (Wildman–Crippen MR) is 152 cm³/mol. The third kappa shape index (κ3) is 4.19. The van der Waals surface area contributed by atoms with Crippen molar-refractivity contribution in [3.05, 3.63) is 29.5 Å². The van der Waals surface area contributed by atoms with E-state index in [0.717, 1.165) is 53.1 Å². The lowest BCUT2D eigenvalue weighted by atomic mass is 9.47. The standard InChI is InChI=1S/C32H47ClN4/c1-20(2)7-6-8-21(3)25-11-12-26-24-10-9-22-17-23(37-19-36-28-29(33)34-18-35-30(28)37)13-15-31(22,4)27(24)14-16-32(25,26)5/h9,18-21,23-27H,6-8,10-17H2,1-5H3/t21?,23-,24?,25?,26?,27?,31+,32-/m1/s1. The highest BCUT2D eigenvalue weighted by atomic mass is 35.5. The van der Waals surface area contributed by atoms with E-state index in [0.29, 0.717) is 22.0 Å². The van der Waals surface area contributed by atoms with E-state index in [1.165, 1.54) is 64.2 Å². The molecule has 4 nitrogen and oxygen atoms in total. The molecule has 2 aromatic heterocycles. The Hall–Kier alpha value is -1.42. The second kappa shape index (κ2) is 9.65. The van der Waals surface area contributed by atoms with E-state index in [1.807, 2.05) is 6.33 Å². The molecule has 0 radical (unpaired) electrons. The molecule has 2 aromatic rings. The zero-order chi connectivity index (χ0) is 25.9. The van der Waals surface area contributed by atoms with Crippen LogP contribution in [0.1, 0.15) is 111 Å². The van der Waals surface area contributed by atoms with E-state index < -0.39 is 0 Å². The summed E-state index contributed by atoms with van der Waals surface area (Å²) in [7, 11) is 0. The first kappa shape index (κ1) is 25.8. The summed E-state index contributed by atoms with van der Waals surface area (Å²) in [4.78, 5) is 13.2. The Labute approximate surface area is 229 Å². The molecule has 8 atom stereocenters. The highest BCUT2D eigenvalue weighted by Gasteiger charge is 2.59. The number of allylic oxidation sites excluding steroid dienone is 2. The summed E-state index contributed by atoms with van der Waals surface area (Å²) >= 11 is 6.30. The minimum atomic E-state index is 0.366. The van der Waals surface area contributed by atoms with Crippen LogP contribution in [0.25, 0.3) is 11.2 Å². The number of nitrogens with zero attached hydrogens (tertiary/aromatic N) is 4. The Morgan fingerprint density at radius 3 is 2.65 bits per heavy atom. The fraction of sp³-hybridized carbons (Fsp3) is 0.781. The summed E-state index contributed by atoms with van der Waals surface area (Å²) in [5, 5.41) is 0.457. The fourth-order valence-electron chi connectivity index (χ4n) is 9.99. The molecule has 6 rings (SSSR count). The average Bonchev–Trinajstić information content (AvgIpc) is 3.45. The second-order valence-electron chi connectivity index (χ2n) is 14.2. The van der Waals surface area contributed by atoms with Gasteiger partial charge in [-0.05, 0) is 97.7 Å². The first-order valence-electron chi connectivity index (χ1n) is 15.2. The fourth-order valence-corrected chi connectivity index (χ4v) is 10.2. The van der Waals surface area contributed by atoms with Gasteiger partial charge in [0.25, 0.3) is 0 Å². The van der Waals surface area contributed by atoms with Gasteiger partial charge in [0.2, 0.25) is 0 Å². The van der Waals surface area contributed by atoms with Gasteiger partial charge in [0, 0.05) is 6.04 Å². The molecular formula is C32H47ClN4. The molecule has 0 aliphatic heterocycles. The van der Waals surface area contributed by atoms with Crippen molar-refractivity contribution in [2.75, 3.05) is 0 Å². The number of fused-ring (bicyclic) bond motifs is 6.